The van der Waals surface area contributed by atoms with Gasteiger partial charge in [-0.2, -0.15) is 5.10 Å². The Labute approximate surface area is 176 Å². The van der Waals surface area contributed by atoms with Crippen LogP contribution in [0.5, 0.6) is 0 Å². The first-order chi connectivity index (χ1) is 15.0. The number of hydrogen-bond donors (Lipinski definition) is 3. The molecule has 4 rings (SSSR count). The Bertz CT molecular complexity index is 1090. The highest BCUT2D eigenvalue weighted by molar-refractivity contribution is 5.99. The van der Waals surface area contributed by atoms with E-state index >= 15 is 0 Å². The maximum atomic E-state index is 13.7. The number of halogens is 3. The quantitative estimate of drug-likeness (QED) is 0.505. The average molecular weight is 428 g/mol. The van der Waals surface area contributed by atoms with E-state index in [1.54, 1.807) is 30.5 Å². The fourth-order valence-electron chi connectivity index (χ4n) is 3.26. The molecule has 0 atom stereocenters. The van der Waals surface area contributed by atoms with Gasteiger partial charge in [-0.3, -0.25) is 0 Å². The number of carbonyl (C=O) groups excluding carboxylic acids is 1. The van der Waals surface area contributed by atoms with E-state index in [2.05, 4.69) is 31.0 Å². The van der Waals surface area contributed by atoms with Crippen LogP contribution in [-0.4, -0.2) is 29.3 Å². The zero-order chi connectivity index (χ0) is 21.8. The first-order valence-electron chi connectivity index (χ1n) is 9.66. The van der Waals surface area contributed by atoms with E-state index in [1.165, 1.54) is 0 Å². The fraction of sp³-hybridized carbons (Fsp3) is 0.190. The summed E-state index contributed by atoms with van der Waals surface area (Å²) >= 11 is 0. The minimum absolute atomic E-state index is 0.419. The summed E-state index contributed by atoms with van der Waals surface area (Å²) in [5, 5.41) is 15.9. The van der Waals surface area contributed by atoms with E-state index in [9.17, 15) is 18.0 Å². The molecule has 160 valence electrons. The topological polar surface area (TPSA) is 82.2 Å². The summed E-state index contributed by atoms with van der Waals surface area (Å²) < 4.78 is 39.9. The molecule has 0 radical (unpaired) electrons. The lowest BCUT2D eigenvalue weighted by molar-refractivity contribution is 0.262. The van der Waals surface area contributed by atoms with E-state index in [1.807, 2.05) is 6.07 Å². The van der Waals surface area contributed by atoms with Crippen molar-refractivity contribution in [1.29, 1.82) is 0 Å². The van der Waals surface area contributed by atoms with Crippen LogP contribution in [0.3, 0.4) is 0 Å². The molecule has 0 bridgehead atoms. The highest BCUT2D eigenvalue weighted by atomic mass is 19.2. The van der Waals surface area contributed by atoms with E-state index in [4.69, 9.17) is 0 Å². The van der Waals surface area contributed by atoms with E-state index in [0.29, 0.717) is 11.5 Å². The molecule has 1 saturated heterocycles. The van der Waals surface area contributed by atoms with Gasteiger partial charge in [-0.1, -0.05) is 0 Å². The number of benzene rings is 2. The van der Waals surface area contributed by atoms with Crippen molar-refractivity contribution in [3.05, 3.63) is 66.1 Å². The number of amides is 2. The molecule has 1 aliphatic heterocycles. The Hall–Kier alpha value is -3.82. The van der Waals surface area contributed by atoms with Crippen LogP contribution in [0.4, 0.5) is 46.5 Å². The lowest BCUT2D eigenvalue weighted by Crippen LogP contribution is -2.20. The molecule has 1 aliphatic rings. The number of nitrogens with one attached hydrogen (secondary N) is 3. The third kappa shape index (κ3) is 4.85. The lowest BCUT2D eigenvalue weighted by Gasteiger charge is -2.17. The zero-order valence-corrected chi connectivity index (χ0v) is 16.3. The van der Waals surface area contributed by atoms with Gasteiger partial charge in [-0.25, -0.2) is 18.0 Å². The van der Waals surface area contributed by atoms with Crippen LogP contribution in [0.15, 0.2) is 48.7 Å². The number of hydrogen-bond acceptors (Lipinski definition) is 5. The second-order valence-corrected chi connectivity index (χ2v) is 7.00. The van der Waals surface area contributed by atoms with Gasteiger partial charge in [0.05, 0.1) is 17.6 Å². The minimum Gasteiger partial charge on any atom is -0.370 e. The minimum atomic E-state index is -1.65. The Morgan fingerprint density at radius 1 is 0.903 bits per heavy atom. The van der Waals surface area contributed by atoms with E-state index in [0.717, 1.165) is 49.4 Å². The molecule has 1 fully saturated rings. The average Bonchev–Trinajstić information content (AvgIpc) is 3.31. The fourth-order valence-corrected chi connectivity index (χ4v) is 3.26. The summed E-state index contributed by atoms with van der Waals surface area (Å²) in [6, 6.07) is 9.50. The Morgan fingerprint density at radius 2 is 1.61 bits per heavy atom. The number of rotatable bonds is 5. The van der Waals surface area contributed by atoms with Crippen LogP contribution in [0, 0.1) is 17.5 Å². The molecule has 3 N–H and O–H groups in total. The van der Waals surface area contributed by atoms with Crippen LogP contribution in [0.2, 0.25) is 0 Å². The second kappa shape index (κ2) is 8.90. The maximum Gasteiger partial charge on any atom is 0.323 e. The molecule has 0 aliphatic carbocycles. The molecule has 7 nitrogen and oxygen atoms in total. The molecule has 10 heteroatoms. The summed E-state index contributed by atoms with van der Waals surface area (Å²) in [6.07, 6.45) is 4.06. The molecule has 31 heavy (non-hydrogen) atoms. The largest absolute Gasteiger partial charge is 0.370 e. The van der Waals surface area contributed by atoms with E-state index in [-0.39, 0.29) is 0 Å². The zero-order valence-electron chi connectivity index (χ0n) is 16.3. The van der Waals surface area contributed by atoms with Gasteiger partial charge in [0.15, 0.2) is 23.3 Å². The van der Waals surface area contributed by atoms with Crippen molar-refractivity contribution in [2.24, 2.45) is 0 Å². The number of urea groups is 1. The normalized spacial score (nSPS) is 13.2. The molecule has 0 saturated carbocycles. The van der Waals surface area contributed by atoms with Crippen LogP contribution >= 0.6 is 0 Å². The van der Waals surface area contributed by atoms with Crippen LogP contribution in [0.25, 0.3) is 0 Å². The number of aromatic nitrogens is 2. The van der Waals surface area contributed by atoms with Gasteiger partial charge in [0.25, 0.3) is 0 Å². The van der Waals surface area contributed by atoms with E-state index < -0.39 is 29.2 Å². The third-order valence-corrected chi connectivity index (χ3v) is 4.81. The molecular weight excluding hydrogens is 409 g/mol. The van der Waals surface area contributed by atoms with Gasteiger partial charge in [0.2, 0.25) is 0 Å². The standard InChI is InChI=1S/C21H19F3N6O/c22-16-7-8-17(20(24)19(16)23)28-21(31)27-14-5-3-13(4-6-14)26-18-11-15(12-25-29-18)30-9-1-2-10-30/h3-8,11-12H,1-2,9-10H2,(H,26,29)(H2,27,28,31). The Balaban J connectivity index is 1.37. The van der Waals surface area contributed by atoms with Gasteiger partial charge >= 0.3 is 6.03 Å². The summed E-state index contributed by atoms with van der Waals surface area (Å²) in [5.74, 6) is -3.85. The van der Waals surface area contributed by atoms with Crippen molar-refractivity contribution >= 4 is 34.6 Å². The first-order valence-corrected chi connectivity index (χ1v) is 9.66. The van der Waals surface area contributed by atoms with Crippen molar-refractivity contribution in [2.45, 2.75) is 12.8 Å². The predicted octanol–water partition coefficient (Wildman–Crippen LogP) is 4.88. The van der Waals surface area contributed by atoms with Crippen molar-refractivity contribution in [3.63, 3.8) is 0 Å². The Kier molecular flexibility index (Phi) is 5.87. The predicted molar refractivity (Wildman–Crippen MR) is 112 cm³/mol. The van der Waals surface area contributed by atoms with Crippen LogP contribution in [0.1, 0.15) is 12.8 Å². The summed E-state index contributed by atoms with van der Waals surface area (Å²) in [5.41, 5.74) is 1.69. The van der Waals surface area contributed by atoms with Gasteiger partial charge in [0.1, 0.15) is 0 Å². The van der Waals surface area contributed by atoms with Gasteiger partial charge < -0.3 is 20.9 Å². The van der Waals surface area contributed by atoms with Crippen LogP contribution < -0.4 is 20.9 Å². The highest BCUT2D eigenvalue weighted by Gasteiger charge is 2.16. The van der Waals surface area contributed by atoms with Crippen molar-refractivity contribution in [1.82, 2.24) is 10.2 Å². The summed E-state index contributed by atoms with van der Waals surface area (Å²) in [7, 11) is 0. The molecule has 2 amide bonds. The van der Waals surface area contributed by atoms with Gasteiger partial charge in [-0.15, -0.1) is 5.10 Å². The number of anilines is 5. The smallest absolute Gasteiger partial charge is 0.323 e. The van der Waals surface area contributed by atoms with Gasteiger partial charge in [0, 0.05) is 30.5 Å². The highest BCUT2D eigenvalue weighted by Crippen LogP contribution is 2.24. The molecule has 0 spiro atoms. The SMILES string of the molecule is O=C(Nc1ccc(Nc2cc(N3CCCC3)cnn2)cc1)Nc1ccc(F)c(F)c1F. The molecule has 1 aromatic heterocycles. The first kappa shape index (κ1) is 20.5. The second-order valence-electron chi connectivity index (χ2n) is 7.00. The molecular formula is C21H19F3N6O. The van der Waals surface area contributed by atoms with Gasteiger partial charge in [-0.05, 0) is 49.2 Å². The monoisotopic (exact) mass is 428 g/mol. The molecule has 2 aromatic carbocycles. The molecule has 3 aromatic rings. The van der Waals surface area contributed by atoms with Crippen molar-refractivity contribution in [2.75, 3.05) is 33.9 Å². The number of carbonyl (C=O) groups is 1. The maximum absolute atomic E-state index is 13.7. The number of nitrogens with zero attached hydrogens (tertiary/aromatic N) is 3. The summed E-state index contributed by atoms with van der Waals surface area (Å²) in [4.78, 5) is 14.3. The molecule has 2 heterocycles. The lowest BCUT2D eigenvalue weighted by atomic mass is 10.2. The van der Waals surface area contributed by atoms with Crippen molar-refractivity contribution < 1.29 is 18.0 Å². The molecule has 0 unspecified atom stereocenters. The van der Waals surface area contributed by atoms with Crippen molar-refractivity contribution in [3.8, 4) is 0 Å². The Morgan fingerprint density at radius 3 is 2.35 bits per heavy atom. The van der Waals surface area contributed by atoms with Crippen LogP contribution in [-0.2, 0) is 0 Å². The third-order valence-electron chi connectivity index (χ3n) is 4.81. The summed E-state index contributed by atoms with van der Waals surface area (Å²) in [6.45, 7) is 2.00.